The molecule has 0 aromatic heterocycles. The van der Waals surface area contributed by atoms with Gasteiger partial charge in [-0.1, -0.05) is 29.3 Å². The monoisotopic (exact) mass is 534 g/mol. The lowest BCUT2D eigenvalue weighted by molar-refractivity contribution is -0.384. The third kappa shape index (κ3) is 6.36. The number of nitrogens with one attached hydrogen (secondary N) is 1. The Balaban J connectivity index is 1.87. The molecular weight excluding hydrogens is 515 g/mol. The van der Waals surface area contributed by atoms with Crippen molar-refractivity contribution in [2.75, 3.05) is 10.8 Å². The molecule has 0 aliphatic rings. The molecule has 0 atom stereocenters. The van der Waals surface area contributed by atoms with Gasteiger partial charge in [0.1, 0.15) is 6.54 Å². The number of nitro groups is 1. The first kappa shape index (κ1) is 26.1. The number of aryl methyl sites for hydroxylation is 2. The van der Waals surface area contributed by atoms with Crippen molar-refractivity contribution in [2.24, 2.45) is 5.10 Å². The van der Waals surface area contributed by atoms with Gasteiger partial charge in [0.2, 0.25) is 0 Å². The Morgan fingerprint density at radius 1 is 1.06 bits per heavy atom. The SMILES string of the molecule is Cc1ccc(N(CC(=O)N/N=C\c2cc([N+](=O)[O-])ccc2Cl)S(=O)(=O)c2ccc(Cl)cc2)cc1C. The number of halogens is 2. The lowest BCUT2D eigenvalue weighted by Gasteiger charge is -2.24. The molecule has 1 amide bonds. The maximum atomic E-state index is 13.4. The smallest absolute Gasteiger partial charge is 0.270 e. The van der Waals surface area contributed by atoms with Crippen molar-refractivity contribution in [1.82, 2.24) is 5.43 Å². The number of hydrazone groups is 1. The molecule has 3 aromatic carbocycles. The Bertz CT molecular complexity index is 1410. The van der Waals surface area contributed by atoms with Crippen LogP contribution in [-0.2, 0) is 14.8 Å². The minimum atomic E-state index is -4.13. The Morgan fingerprint density at radius 3 is 2.37 bits per heavy atom. The van der Waals surface area contributed by atoms with E-state index in [1.165, 1.54) is 42.5 Å². The van der Waals surface area contributed by atoms with Crippen molar-refractivity contribution in [3.8, 4) is 0 Å². The summed E-state index contributed by atoms with van der Waals surface area (Å²) in [5.41, 5.74) is 4.35. The van der Waals surface area contributed by atoms with Crippen LogP contribution in [0.2, 0.25) is 10.0 Å². The summed E-state index contributed by atoms with van der Waals surface area (Å²) in [4.78, 5) is 23.0. The molecule has 0 heterocycles. The number of anilines is 1. The van der Waals surface area contributed by atoms with Gasteiger partial charge in [0, 0.05) is 27.7 Å². The van der Waals surface area contributed by atoms with Gasteiger partial charge >= 0.3 is 0 Å². The highest BCUT2D eigenvalue weighted by atomic mass is 35.5. The predicted molar refractivity (Wildman–Crippen MR) is 136 cm³/mol. The molecule has 1 N–H and O–H groups in total. The van der Waals surface area contributed by atoms with Crippen LogP contribution in [0.1, 0.15) is 16.7 Å². The first-order valence-corrected chi connectivity index (χ1v) is 12.3. The van der Waals surface area contributed by atoms with Gasteiger partial charge in [-0.2, -0.15) is 5.10 Å². The van der Waals surface area contributed by atoms with E-state index in [4.69, 9.17) is 23.2 Å². The lowest BCUT2D eigenvalue weighted by atomic mass is 10.1. The molecule has 0 fully saturated rings. The average molecular weight is 535 g/mol. The summed E-state index contributed by atoms with van der Waals surface area (Å²) < 4.78 is 27.8. The number of hydrogen-bond donors (Lipinski definition) is 1. The number of rotatable bonds is 8. The van der Waals surface area contributed by atoms with Crippen LogP contribution in [0.5, 0.6) is 0 Å². The Morgan fingerprint density at radius 2 is 1.74 bits per heavy atom. The van der Waals surface area contributed by atoms with Crippen molar-refractivity contribution in [2.45, 2.75) is 18.7 Å². The maximum Gasteiger partial charge on any atom is 0.270 e. The zero-order chi connectivity index (χ0) is 25.8. The van der Waals surface area contributed by atoms with E-state index < -0.39 is 27.4 Å². The van der Waals surface area contributed by atoms with Gasteiger partial charge in [0.25, 0.3) is 21.6 Å². The molecule has 3 aromatic rings. The minimum absolute atomic E-state index is 0.0418. The average Bonchev–Trinajstić information content (AvgIpc) is 2.80. The standard InChI is InChI=1S/C23H20Cl2N4O5S/c1-15-3-6-19(11-16(15)2)28(35(33,34)21-8-4-18(24)5-9-21)14-23(30)27-26-13-17-12-20(29(31)32)7-10-22(17)25/h3-13H,14H2,1-2H3,(H,27,30)/b26-13-. The first-order chi connectivity index (χ1) is 16.5. The fourth-order valence-electron chi connectivity index (χ4n) is 3.01. The highest BCUT2D eigenvalue weighted by Gasteiger charge is 2.27. The van der Waals surface area contributed by atoms with Crippen molar-refractivity contribution in [1.29, 1.82) is 0 Å². The van der Waals surface area contributed by atoms with E-state index in [1.807, 2.05) is 13.8 Å². The van der Waals surface area contributed by atoms with E-state index in [1.54, 1.807) is 18.2 Å². The number of nitrogens with zero attached hydrogens (tertiary/aromatic N) is 3. The van der Waals surface area contributed by atoms with Crippen LogP contribution in [0.15, 0.2) is 70.7 Å². The molecule has 0 saturated heterocycles. The number of carbonyl (C=O) groups excluding carboxylic acids is 1. The molecule has 12 heteroatoms. The van der Waals surface area contributed by atoms with Gasteiger partial charge in [-0.15, -0.1) is 0 Å². The zero-order valence-corrected chi connectivity index (χ0v) is 20.9. The largest absolute Gasteiger partial charge is 0.271 e. The fourth-order valence-corrected chi connectivity index (χ4v) is 4.72. The van der Waals surface area contributed by atoms with E-state index in [2.05, 4.69) is 10.5 Å². The molecule has 0 aliphatic heterocycles. The van der Waals surface area contributed by atoms with Crippen LogP contribution in [0.4, 0.5) is 11.4 Å². The molecular formula is C23H20Cl2N4O5S. The van der Waals surface area contributed by atoms with Crippen molar-refractivity contribution < 1.29 is 18.1 Å². The van der Waals surface area contributed by atoms with Gasteiger partial charge in [0.15, 0.2) is 0 Å². The van der Waals surface area contributed by atoms with Gasteiger partial charge in [-0.3, -0.25) is 19.2 Å². The van der Waals surface area contributed by atoms with Crippen LogP contribution in [-0.4, -0.2) is 32.0 Å². The third-order valence-corrected chi connectivity index (χ3v) is 7.43. The van der Waals surface area contributed by atoms with E-state index in [0.29, 0.717) is 10.7 Å². The molecule has 182 valence electrons. The lowest BCUT2D eigenvalue weighted by Crippen LogP contribution is -2.39. The maximum absolute atomic E-state index is 13.4. The second-order valence-corrected chi connectivity index (χ2v) is 10.2. The summed E-state index contributed by atoms with van der Waals surface area (Å²) in [6.07, 6.45) is 1.14. The van der Waals surface area contributed by atoms with Crippen molar-refractivity contribution in [3.63, 3.8) is 0 Å². The fraction of sp³-hybridized carbons (Fsp3) is 0.130. The molecule has 0 aliphatic carbocycles. The molecule has 0 spiro atoms. The first-order valence-electron chi connectivity index (χ1n) is 10.1. The van der Waals surface area contributed by atoms with Crippen LogP contribution in [0, 0.1) is 24.0 Å². The van der Waals surface area contributed by atoms with E-state index in [0.717, 1.165) is 21.6 Å². The van der Waals surface area contributed by atoms with E-state index in [-0.39, 0.29) is 21.2 Å². The Hall–Kier alpha value is -3.47. The number of non-ortho nitro benzene ring substituents is 1. The molecule has 3 rings (SSSR count). The van der Waals surface area contributed by atoms with Gasteiger partial charge in [-0.05, 0) is 67.4 Å². The Labute approximate surface area is 212 Å². The number of nitro benzene ring substituents is 1. The summed E-state index contributed by atoms with van der Waals surface area (Å²) >= 11 is 11.9. The second kappa shape index (κ2) is 10.9. The Kier molecular flexibility index (Phi) is 8.11. The van der Waals surface area contributed by atoms with Crippen molar-refractivity contribution in [3.05, 3.63) is 97.5 Å². The van der Waals surface area contributed by atoms with Crippen LogP contribution in [0.3, 0.4) is 0 Å². The minimum Gasteiger partial charge on any atom is -0.271 e. The molecule has 0 unspecified atom stereocenters. The normalized spacial score (nSPS) is 11.4. The zero-order valence-electron chi connectivity index (χ0n) is 18.6. The summed E-state index contributed by atoms with van der Waals surface area (Å²) in [7, 11) is -4.13. The van der Waals surface area contributed by atoms with Crippen molar-refractivity contribution >= 4 is 56.7 Å². The van der Waals surface area contributed by atoms with Gasteiger partial charge < -0.3 is 0 Å². The van der Waals surface area contributed by atoms with Crippen LogP contribution >= 0.6 is 23.2 Å². The molecule has 35 heavy (non-hydrogen) atoms. The molecule has 0 saturated carbocycles. The summed E-state index contributed by atoms with van der Waals surface area (Å²) in [5.74, 6) is -0.737. The number of sulfonamides is 1. The number of hydrogen-bond acceptors (Lipinski definition) is 6. The number of carbonyl (C=O) groups is 1. The third-order valence-electron chi connectivity index (χ3n) is 5.05. The predicted octanol–water partition coefficient (Wildman–Crippen LogP) is 4.86. The molecule has 9 nitrogen and oxygen atoms in total. The number of amides is 1. The molecule has 0 radical (unpaired) electrons. The van der Waals surface area contributed by atoms with E-state index >= 15 is 0 Å². The summed E-state index contributed by atoms with van der Waals surface area (Å²) in [6, 6.07) is 14.4. The summed E-state index contributed by atoms with van der Waals surface area (Å²) in [5, 5.41) is 15.3. The number of benzene rings is 3. The van der Waals surface area contributed by atoms with Crippen LogP contribution < -0.4 is 9.73 Å². The van der Waals surface area contributed by atoms with Crippen LogP contribution in [0.25, 0.3) is 0 Å². The van der Waals surface area contributed by atoms with E-state index in [9.17, 15) is 23.3 Å². The van der Waals surface area contributed by atoms with Gasteiger partial charge in [-0.25, -0.2) is 13.8 Å². The molecule has 0 bridgehead atoms. The topological polar surface area (TPSA) is 122 Å². The summed E-state index contributed by atoms with van der Waals surface area (Å²) in [6.45, 7) is 3.14. The second-order valence-electron chi connectivity index (χ2n) is 7.49. The highest BCUT2D eigenvalue weighted by molar-refractivity contribution is 7.92. The quantitative estimate of drug-likeness (QED) is 0.251. The highest BCUT2D eigenvalue weighted by Crippen LogP contribution is 2.26. The van der Waals surface area contributed by atoms with Gasteiger partial charge in [0.05, 0.1) is 21.7 Å².